The third-order valence-corrected chi connectivity index (χ3v) is 4.08. The van der Waals surface area contributed by atoms with Crippen LogP contribution in [-0.2, 0) is 0 Å². The van der Waals surface area contributed by atoms with Crippen LogP contribution in [0.5, 0.6) is 0 Å². The molecule has 128 valence electrons. The SMILES string of the molecule is CC.CCN(CCCN1CCN(C)CC1)CC[N+](C)(C)C. The van der Waals surface area contributed by atoms with E-state index in [0.717, 1.165) is 4.48 Å². The standard InChI is InChI=1S/C15H35N4.C2H6/c1-6-17(14-15-19(3,4)5)8-7-9-18-12-10-16(2)11-13-18;1-2/h6-15H2,1-5H3;1-2H3/q+1;. The molecule has 1 fully saturated rings. The van der Waals surface area contributed by atoms with E-state index in [2.05, 4.69) is 49.8 Å². The highest BCUT2D eigenvalue weighted by molar-refractivity contribution is 4.69. The van der Waals surface area contributed by atoms with E-state index in [-0.39, 0.29) is 0 Å². The molecule has 0 aliphatic carbocycles. The summed E-state index contributed by atoms with van der Waals surface area (Å²) in [6.45, 7) is 17.4. The molecule has 0 unspecified atom stereocenters. The van der Waals surface area contributed by atoms with E-state index in [1.165, 1.54) is 65.3 Å². The monoisotopic (exact) mass is 301 g/mol. The molecule has 0 aromatic carbocycles. The summed E-state index contributed by atoms with van der Waals surface area (Å²) >= 11 is 0. The van der Waals surface area contributed by atoms with Gasteiger partial charge in [0.1, 0.15) is 0 Å². The third kappa shape index (κ3) is 11.1. The summed E-state index contributed by atoms with van der Waals surface area (Å²) in [4.78, 5) is 7.64. The largest absolute Gasteiger partial charge is 0.330 e. The smallest absolute Gasteiger partial charge is 0.0909 e. The molecular formula is C17H41N4+. The second-order valence-electron chi connectivity index (χ2n) is 6.95. The van der Waals surface area contributed by atoms with Gasteiger partial charge < -0.3 is 14.3 Å². The Morgan fingerprint density at radius 3 is 2.00 bits per heavy atom. The second kappa shape index (κ2) is 11.4. The Hall–Kier alpha value is -0.160. The number of nitrogens with zero attached hydrogens (tertiary/aromatic N) is 4. The summed E-state index contributed by atoms with van der Waals surface area (Å²) in [5, 5.41) is 0. The van der Waals surface area contributed by atoms with Gasteiger partial charge in [-0.1, -0.05) is 20.8 Å². The van der Waals surface area contributed by atoms with Crippen molar-refractivity contribution in [3.05, 3.63) is 0 Å². The van der Waals surface area contributed by atoms with E-state index in [9.17, 15) is 0 Å². The quantitative estimate of drug-likeness (QED) is 0.632. The summed E-state index contributed by atoms with van der Waals surface area (Å²) in [7, 11) is 9.05. The average Bonchev–Trinajstić information content (AvgIpc) is 2.46. The highest BCUT2D eigenvalue weighted by atomic mass is 15.3. The minimum atomic E-state index is 1.06. The summed E-state index contributed by atoms with van der Waals surface area (Å²) in [5.74, 6) is 0. The Morgan fingerprint density at radius 1 is 0.952 bits per heavy atom. The first-order chi connectivity index (χ1) is 9.90. The van der Waals surface area contributed by atoms with Crippen LogP contribution < -0.4 is 0 Å². The Labute approximate surface area is 134 Å². The lowest BCUT2D eigenvalue weighted by molar-refractivity contribution is -0.869. The highest BCUT2D eigenvalue weighted by Gasteiger charge is 2.14. The molecule has 1 aliphatic heterocycles. The van der Waals surface area contributed by atoms with Gasteiger partial charge in [-0.05, 0) is 33.1 Å². The molecule has 0 aromatic rings. The summed E-state index contributed by atoms with van der Waals surface area (Å²) in [5.41, 5.74) is 0. The van der Waals surface area contributed by atoms with Gasteiger partial charge in [-0.2, -0.15) is 0 Å². The van der Waals surface area contributed by atoms with Gasteiger partial charge in [0, 0.05) is 32.7 Å². The minimum Gasteiger partial charge on any atom is -0.330 e. The molecule has 21 heavy (non-hydrogen) atoms. The Balaban J connectivity index is 0.00000191. The zero-order valence-corrected chi connectivity index (χ0v) is 15.9. The predicted molar refractivity (Wildman–Crippen MR) is 94.9 cm³/mol. The Kier molecular flexibility index (Phi) is 11.3. The molecule has 0 saturated carbocycles. The maximum atomic E-state index is 2.62. The molecule has 1 aliphatic rings. The molecule has 0 atom stereocenters. The normalized spacial score (nSPS) is 17.7. The van der Waals surface area contributed by atoms with E-state index < -0.39 is 0 Å². The number of likely N-dealkylation sites (N-methyl/N-ethyl adjacent to an activating group) is 3. The van der Waals surface area contributed by atoms with E-state index >= 15 is 0 Å². The average molecular weight is 302 g/mol. The maximum Gasteiger partial charge on any atom is 0.0909 e. The molecule has 0 spiro atoms. The van der Waals surface area contributed by atoms with E-state index in [1.54, 1.807) is 0 Å². The first-order valence-corrected chi connectivity index (χ1v) is 8.84. The first-order valence-electron chi connectivity index (χ1n) is 8.84. The van der Waals surface area contributed by atoms with Crippen LogP contribution in [0.4, 0.5) is 0 Å². The lowest BCUT2D eigenvalue weighted by Gasteiger charge is -2.33. The number of hydrogen-bond donors (Lipinski definition) is 0. The lowest BCUT2D eigenvalue weighted by Crippen LogP contribution is -2.45. The summed E-state index contributed by atoms with van der Waals surface area (Å²) in [6.07, 6.45) is 1.31. The Morgan fingerprint density at radius 2 is 1.52 bits per heavy atom. The van der Waals surface area contributed by atoms with Gasteiger partial charge in [0.2, 0.25) is 0 Å². The molecule has 4 nitrogen and oxygen atoms in total. The van der Waals surface area contributed by atoms with Gasteiger partial charge in [-0.25, -0.2) is 0 Å². The number of hydrogen-bond acceptors (Lipinski definition) is 3. The van der Waals surface area contributed by atoms with E-state index in [1.807, 2.05) is 13.8 Å². The van der Waals surface area contributed by atoms with Crippen molar-refractivity contribution in [1.82, 2.24) is 14.7 Å². The summed E-state index contributed by atoms with van der Waals surface area (Å²) < 4.78 is 1.06. The van der Waals surface area contributed by atoms with Crippen LogP contribution in [0, 0.1) is 0 Å². The highest BCUT2D eigenvalue weighted by Crippen LogP contribution is 2.02. The number of piperazine rings is 1. The minimum absolute atomic E-state index is 1.06. The van der Waals surface area contributed by atoms with Crippen LogP contribution in [-0.4, -0.2) is 106 Å². The second-order valence-corrected chi connectivity index (χ2v) is 6.95. The molecule has 0 aromatic heterocycles. The number of rotatable bonds is 8. The fourth-order valence-electron chi connectivity index (χ4n) is 2.46. The lowest BCUT2D eigenvalue weighted by atomic mass is 10.3. The molecular weight excluding hydrogens is 260 g/mol. The van der Waals surface area contributed by atoms with Crippen molar-refractivity contribution >= 4 is 0 Å². The van der Waals surface area contributed by atoms with Crippen LogP contribution in [0.2, 0.25) is 0 Å². The van der Waals surface area contributed by atoms with Crippen LogP contribution in [0.1, 0.15) is 27.2 Å². The third-order valence-electron chi connectivity index (χ3n) is 4.08. The van der Waals surface area contributed by atoms with Crippen LogP contribution in [0.15, 0.2) is 0 Å². The van der Waals surface area contributed by atoms with Crippen molar-refractivity contribution in [2.45, 2.75) is 27.2 Å². The molecule has 0 amide bonds. The first kappa shape index (κ1) is 20.8. The zero-order chi connectivity index (χ0) is 16.3. The van der Waals surface area contributed by atoms with Crippen molar-refractivity contribution in [1.29, 1.82) is 0 Å². The van der Waals surface area contributed by atoms with Gasteiger partial charge >= 0.3 is 0 Å². The van der Waals surface area contributed by atoms with Gasteiger partial charge in [0.15, 0.2) is 0 Å². The fraction of sp³-hybridized carbons (Fsp3) is 1.00. The summed E-state index contributed by atoms with van der Waals surface area (Å²) in [6, 6.07) is 0. The molecule has 1 rings (SSSR count). The van der Waals surface area contributed by atoms with Gasteiger partial charge in [-0.3, -0.25) is 4.90 Å². The van der Waals surface area contributed by atoms with Crippen LogP contribution in [0.25, 0.3) is 0 Å². The molecule has 0 radical (unpaired) electrons. The van der Waals surface area contributed by atoms with E-state index in [4.69, 9.17) is 0 Å². The van der Waals surface area contributed by atoms with Gasteiger partial charge in [0.05, 0.1) is 27.7 Å². The van der Waals surface area contributed by atoms with Crippen molar-refractivity contribution in [3.8, 4) is 0 Å². The number of quaternary nitrogens is 1. The van der Waals surface area contributed by atoms with Crippen molar-refractivity contribution in [3.63, 3.8) is 0 Å². The topological polar surface area (TPSA) is 9.72 Å². The van der Waals surface area contributed by atoms with Gasteiger partial charge in [-0.15, -0.1) is 0 Å². The van der Waals surface area contributed by atoms with Crippen molar-refractivity contribution < 1.29 is 4.48 Å². The maximum absolute atomic E-state index is 2.62. The van der Waals surface area contributed by atoms with Crippen molar-refractivity contribution in [2.24, 2.45) is 0 Å². The predicted octanol–water partition coefficient (Wildman–Crippen LogP) is 1.68. The molecule has 0 N–H and O–H groups in total. The van der Waals surface area contributed by atoms with Crippen LogP contribution in [0.3, 0.4) is 0 Å². The van der Waals surface area contributed by atoms with Crippen molar-refractivity contribution in [2.75, 3.05) is 87.1 Å². The van der Waals surface area contributed by atoms with E-state index in [0.29, 0.717) is 0 Å². The Bertz CT molecular complexity index is 229. The van der Waals surface area contributed by atoms with Crippen LogP contribution >= 0.6 is 0 Å². The molecule has 1 saturated heterocycles. The molecule has 4 heteroatoms. The molecule has 1 heterocycles. The van der Waals surface area contributed by atoms with Gasteiger partial charge in [0.25, 0.3) is 0 Å². The fourth-order valence-corrected chi connectivity index (χ4v) is 2.46. The molecule has 0 bridgehead atoms. The zero-order valence-electron chi connectivity index (χ0n) is 15.9.